The molecular weight excluding hydrogens is 276 g/mol. The van der Waals surface area contributed by atoms with Crippen LogP contribution in [0.15, 0.2) is 47.1 Å². The molecule has 1 N–H and O–H groups in total. The number of furan rings is 1. The van der Waals surface area contributed by atoms with E-state index >= 15 is 0 Å². The fourth-order valence-corrected chi connectivity index (χ4v) is 2.16. The fraction of sp³-hybridized carbons (Fsp3) is 0.118. The highest BCUT2D eigenvalue weighted by molar-refractivity contribution is 5.66. The zero-order chi connectivity index (χ0) is 15.5. The molecule has 0 amide bonds. The molecule has 0 aliphatic heterocycles. The number of anilines is 2. The second-order valence-corrected chi connectivity index (χ2v) is 4.88. The van der Waals surface area contributed by atoms with Gasteiger partial charge in [-0.15, -0.1) is 0 Å². The van der Waals surface area contributed by atoms with E-state index in [1.54, 1.807) is 0 Å². The lowest BCUT2D eigenvalue weighted by atomic mass is 10.1. The summed E-state index contributed by atoms with van der Waals surface area (Å²) in [6, 6.07) is 13.8. The van der Waals surface area contributed by atoms with Crippen LogP contribution in [-0.2, 0) is 0 Å². The van der Waals surface area contributed by atoms with Gasteiger partial charge in [0, 0.05) is 17.2 Å². The van der Waals surface area contributed by atoms with Crippen LogP contribution in [0.25, 0.3) is 11.3 Å². The molecule has 0 saturated carbocycles. The molecule has 5 nitrogen and oxygen atoms in total. The summed E-state index contributed by atoms with van der Waals surface area (Å²) >= 11 is 0. The molecule has 0 atom stereocenters. The first-order valence-corrected chi connectivity index (χ1v) is 6.83. The molecule has 0 aliphatic carbocycles. The zero-order valence-corrected chi connectivity index (χ0v) is 12.3. The van der Waals surface area contributed by atoms with E-state index in [2.05, 4.69) is 21.4 Å². The Bertz CT molecular complexity index is 847. The summed E-state index contributed by atoms with van der Waals surface area (Å²) in [5.74, 6) is 1.71. The normalized spacial score (nSPS) is 10.2. The molecular formula is C17H14N4O. The van der Waals surface area contributed by atoms with Crippen LogP contribution in [-0.4, -0.2) is 9.97 Å². The van der Waals surface area contributed by atoms with Crippen molar-refractivity contribution in [3.8, 4) is 17.3 Å². The Kier molecular flexibility index (Phi) is 3.58. The Morgan fingerprint density at radius 2 is 1.91 bits per heavy atom. The molecule has 0 saturated heterocycles. The number of hydrogen-bond donors (Lipinski definition) is 1. The van der Waals surface area contributed by atoms with Crippen molar-refractivity contribution in [2.24, 2.45) is 0 Å². The van der Waals surface area contributed by atoms with Gasteiger partial charge in [-0.1, -0.05) is 30.3 Å². The number of aryl methyl sites for hydroxylation is 1. The molecule has 22 heavy (non-hydrogen) atoms. The molecule has 2 aromatic heterocycles. The van der Waals surface area contributed by atoms with Gasteiger partial charge in [0.15, 0.2) is 0 Å². The predicted molar refractivity (Wildman–Crippen MR) is 83.6 cm³/mol. The third-order valence-corrected chi connectivity index (χ3v) is 3.48. The summed E-state index contributed by atoms with van der Waals surface area (Å²) in [6.45, 7) is 3.69. The van der Waals surface area contributed by atoms with Crippen LogP contribution in [0.2, 0.25) is 0 Å². The lowest BCUT2D eigenvalue weighted by molar-refractivity contribution is 0.548. The average Bonchev–Trinajstić information content (AvgIpc) is 2.82. The van der Waals surface area contributed by atoms with E-state index in [0.29, 0.717) is 17.3 Å². The van der Waals surface area contributed by atoms with Gasteiger partial charge in [-0.05, 0) is 13.8 Å². The van der Waals surface area contributed by atoms with E-state index in [4.69, 9.17) is 4.42 Å². The zero-order valence-electron chi connectivity index (χ0n) is 12.3. The van der Waals surface area contributed by atoms with E-state index in [0.717, 1.165) is 22.6 Å². The predicted octanol–water partition coefficient (Wildman–Crippen LogP) is 3.97. The molecule has 2 heterocycles. The fourth-order valence-electron chi connectivity index (χ4n) is 2.16. The number of benzene rings is 1. The van der Waals surface area contributed by atoms with Crippen molar-refractivity contribution in [1.29, 1.82) is 5.26 Å². The van der Waals surface area contributed by atoms with Crippen LogP contribution >= 0.6 is 0 Å². The molecule has 0 radical (unpaired) electrons. The van der Waals surface area contributed by atoms with Crippen molar-refractivity contribution in [2.75, 3.05) is 5.32 Å². The van der Waals surface area contributed by atoms with Crippen LogP contribution in [0.1, 0.15) is 16.9 Å². The topological polar surface area (TPSA) is 74.7 Å². The first-order valence-electron chi connectivity index (χ1n) is 6.83. The minimum Gasteiger partial charge on any atom is -0.444 e. The monoisotopic (exact) mass is 290 g/mol. The van der Waals surface area contributed by atoms with E-state index in [1.165, 1.54) is 6.33 Å². The lowest BCUT2D eigenvalue weighted by Gasteiger charge is -2.05. The van der Waals surface area contributed by atoms with Crippen molar-refractivity contribution in [2.45, 2.75) is 13.8 Å². The van der Waals surface area contributed by atoms with Gasteiger partial charge in [-0.3, -0.25) is 0 Å². The van der Waals surface area contributed by atoms with Gasteiger partial charge >= 0.3 is 0 Å². The second-order valence-electron chi connectivity index (χ2n) is 4.88. The van der Waals surface area contributed by atoms with Crippen molar-refractivity contribution in [1.82, 2.24) is 9.97 Å². The molecule has 0 bridgehead atoms. The largest absolute Gasteiger partial charge is 0.444 e. The summed E-state index contributed by atoms with van der Waals surface area (Å²) in [7, 11) is 0. The van der Waals surface area contributed by atoms with Gasteiger partial charge in [-0.2, -0.15) is 5.26 Å². The van der Waals surface area contributed by atoms with Gasteiger partial charge in [0.25, 0.3) is 0 Å². The van der Waals surface area contributed by atoms with E-state index < -0.39 is 0 Å². The van der Waals surface area contributed by atoms with Crippen molar-refractivity contribution in [3.05, 3.63) is 59.6 Å². The van der Waals surface area contributed by atoms with E-state index in [-0.39, 0.29) is 0 Å². The van der Waals surface area contributed by atoms with Crippen molar-refractivity contribution in [3.63, 3.8) is 0 Å². The lowest BCUT2D eigenvalue weighted by Crippen LogP contribution is -1.96. The second kappa shape index (κ2) is 5.70. The highest BCUT2D eigenvalue weighted by Gasteiger charge is 2.15. The molecule has 0 aliphatic rings. The van der Waals surface area contributed by atoms with Crippen LogP contribution < -0.4 is 5.32 Å². The molecule has 5 heteroatoms. The maximum Gasteiger partial charge on any atom is 0.216 e. The number of hydrogen-bond acceptors (Lipinski definition) is 5. The highest BCUT2D eigenvalue weighted by atomic mass is 16.4. The first kappa shape index (κ1) is 13.8. The molecule has 3 rings (SSSR count). The molecule has 0 fully saturated rings. The summed E-state index contributed by atoms with van der Waals surface area (Å²) in [5.41, 5.74) is 3.14. The van der Waals surface area contributed by atoms with E-state index in [1.807, 2.05) is 50.2 Å². The maximum atomic E-state index is 9.24. The number of nitrogens with zero attached hydrogens (tertiary/aromatic N) is 3. The Morgan fingerprint density at radius 1 is 1.14 bits per heavy atom. The molecule has 108 valence electrons. The van der Waals surface area contributed by atoms with Crippen molar-refractivity contribution >= 4 is 11.7 Å². The summed E-state index contributed by atoms with van der Waals surface area (Å²) in [6.07, 6.45) is 1.49. The average molecular weight is 290 g/mol. The van der Waals surface area contributed by atoms with E-state index in [9.17, 15) is 5.26 Å². The van der Waals surface area contributed by atoms with Crippen molar-refractivity contribution < 1.29 is 4.42 Å². The Morgan fingerprint density at radius 3 is 2.64 bits per heavy atom. The van der Waals surface area contributed by atoms with Gasteiger partial charge < -0.3 is 9.73 Å². The molecule has 0 unspecified atom stereocenters. The van der Waals surface area contributed by atoms with Crippen LogP contribution in [0, 0.1) is 25.2 Å². The van der Waals surface area contributed by atoms with Gasteiger partial charge in [-0.25, -0.2) is 9.97 Å². The van der Waals surface area contributed by atoms with Crippen LogP contribution in [0.3, 0.4) is 0 Å². The minimum atomic E-state index is 0.412. The highest BCUT2D eigenvalue weighted by Crippen LogP contribution is 2.28. The number of aromatic nitrogens is 2. The minimum absolute atomic E-state index is 0.412. The molecule has 3 aromatic rings. The SMILES string of the molecule is Cc1oc(Nc2cc(-c3ccccc3)ncn2)c(C#N)c1C. The standard InChI is InChI=1S/C17H14N4O/c1-11-12(2)22-17(14(11)9-18)21-16-8-15(19-10-20-16)13-6-4-3-5-7-13/h3-8,10H,1-2H3,(H,19,20,21). The molecule has 0 spiro atoms. The van der Waals surface area contributed by atoms with Gasteiger partial charge in [0.1, 0.15) is 29.5 Å². The Hall–Kier alpha value is -3.13. The summed E-state index contributed by atoms with van der Waals surface area (Å²) in [5, 5.41) is 12.3. The Labute approximate surface area is 128 Å². The third-order valence-electron chi connectivity index (χ3n) is 3.48. The quantitative estimate of drug-likeness (QED) is 0.790. The number of nitriles is 1. The van der Waals surface area contributed by atoms with Crippen LogP contribution in [0.4, 0.5) is 11.7 Å². The van der Waals surface area contributed by atoms with Gasteiger partial charge in [0.2, 0.25) is 5.88 Å². The van der Waals surface area contributed by atoms with Crippen LogP contribution in [0.5, 0.6) is 0 Å². The number of rotatable bonds is 3. The Balaban J connectivity index is 1.95. The summed E-state index contributed by atoms with van der Waals surface area (Å²) < 4.78 is 5.59. The first-order chi connectivity index (χ1) is 10.7. The van der Waals surface area contributed by atoms with Gasteiger partial charge in [0.05, 0.1) is 5.69 Å². The third kappa shape index (κ3) is 2.54. The maximum absolute atomic E-state index is 9.24. The smallest absolute Gasteiger partial charge is 0.216 e. The summed E-state index contributed by atoms with van der Waals surface area (Å²) in [4.78, 5) is 8.45. The molecule has 1 aromatic carbocycles. The number of nitrogens with one attached hydrogen (secondary N) is 1.